The van der Waals surface area contributed by atoms with Gasteiger partial charge in [0.2, 0.25) is 5.91 Å². The smallest absolute Gasteiger partial charge is 0.225 e. The van der Waals surface area contributed by atoms with Gasteiger partial charge in [-0.1, -0.05) is 32.0 Å². The van der Waals surface area contributed by atoms with Crippen molar-refractivity contribution in [1.82, 2.24) is 25.3 Å². The van der Waals surface area contributed by atoms with Crippen LogP contribution < -0.4 is 5.32 Å². The number of fused-ring (bicyclic) bond motifs is 1. The molecular formula is C23H24FN5O. The third-order valence-corrected chi connectivity index (χ3v) is 5.33. The van der Waals surface area contributed by atoms with Gasteiger partial charge in [0, 0.05) is 18.0 Å². The summed E-state index contributed by atoms with van der Waals surface area (Å²) < 4.78 is 13.9. The number of amides is 1. The normalized spacial score (nSPS) is 17.3. The van der Waals surface area contributed by atoms with Gasteiger partial charge in [0.15, 0.2) is 5.82 Å². The van der Waals surface area contributed by atoms with Gasteiger partial charge in [0.05, 0.1) is 30.0 Å². The molecule has 0 spiro atoms. The molecule has 6 nitrogen and oxygen atoms in total. The third-order valence-electron chi connectivity index (χ3n) is 5.33. The van der Waals surface area contributed by atoms with E-state index in [1.165, 1.54) is 6.07 Å². The van der Waals surface area contributed by atoms with Gasteiger partial charge in [-0.3, -0.25) is 9.78 Å². The van der Waals surface area contributed by atoms with Crippen molar-refractivity contribution in [2.75, 3.05) is 0 Å². The highest BCUT2D eigenvalue weighted by Gasteiger charge is 2.34. The molecule has 0 saturated heterocycles. The van der Waals surface area contributed by atoms with Crippen molar-refractivity contribution in [3.05, 3.63) is 71.2 Å². The first-order valence-electron chi connectivity index (χ1n) is 9.98. The van der Waals surface area contributed by atoms with Crippen molar-refractivity contribution >= 4 is 5.91 Å². The van der Waals surface area contributed by atoms with Crippen molar-refractivity contribution in [3.63, 3.8) is 0 Å². The first-order valence-corrected chi connectivity index (χ1v) is 9.98. The van der Waals surface area contributed by atoms with Gasteiger partial charge in [-0.2, -0.15) is 0 Å². The van der Waals surface area contributed by atoms with E-state index in [1.807, 2.05) is 6.92 Å². The molecule has 2 heterocycles. The highest BCUT2D eigenvalue weighted by atomic mass is 19.1. The summed E-state index contributed by atoms with van der Waals surface area (Å²) in [6.07, 6.45) is 6.65. The Labute approximate surface area is 175 Å². The Morgan fingerprint density at radius 1 is 1.17 bits per heavy atom. The minimum atomic E-state index is -0.371. The molecule has 1 amide bonds. The van der Waals surface area contributed by atoms with E-state index in [2.05, 4.69) is 34.1 Å². The highest BCUT2D eigenvalue weighted by Crippen LogP contribution is 2.40. The van der Waals surface area contributed by atoms with Crippen LogP contribution in [0.2, 0.25) is 0 Å². The van der Waals surface area contributed by atoms with Crippen molar-refractivity contribution in [3.8, 4) is 11.5 Å². The lowest BCUT2D eigenvalue weighted by Gasteiger charge is -2.36. The Balaban J connectivity index is 1.59. The van der Waals surface area contributed by atoms with E-state index in [0.717, 1.165) is 29.8 Å². The van der Waals surface area contributed by atoms with Crippen LogP contribution in [0.5, 0.6) is 0 Å². The van der Waals surface area contributed by atoms with Gasteiger partial charge in [-0.05, 0) is 36.8 Å². The Morgan fingerprint density at radius 2 is 1.97 bits per heavy atom. The highest BCUT2D eigenvalue weighted by molar-refractivity contribution is 5.79. The maximum absolute atomic E-state index is 13.9. The number of carbonyl (C=O) groups excluding carboxylic acids is 1. The number of rotatable bonds is 4. The van der Waals surface area contributed by atoms with E-state index in [4.69, 9.17) is 4.98 Å². The predicted octanol–water partition coefficient (Wildman–Crippen LogP) is 3.75. The zero-order chi connectivity index (χ0) is 21.3. The van der Waals surface area contributed by atoms with Crippen LogP contribution in [-0.4, -0.2) is 25.8 Å². The summed E-state index contributed by atoms with van der Waals surface area (Å²) in [4.78, 5) is 30.5. The van der Waals surface area contributed by atoms with Gasteiger partial charge < -0.3 is 5.32 Å². The quantitative estimate of drug-likeness (QED) is 0.715. The van der Waals surface area contributed by atoms with Crippen LogP contribution in [-0.2, 0) is 17.6 Å². The van der Waals surface area contributed by atoms with Crippen LogP contribution in [0.3, 0.4) is 0 Å². The van der Waals surface area contributed by atoms with Gasteiger partial charge in [0.1, 0.15) is 11.5 Å². The summed E-state index contributed by atoms with van der Waals surface area (Å²) in [5.41, 5.74) is 3.58. The number of aryl methyl sites for hydroxylation is 1. The van der Waals surface area contributed by atoms with Crippen LogP contribution in [0.25, 0.3) is 11.5 Å². The SMILES string of the molecule is Cc1cnc(-c2ncc3c(n2)CC(C)(C)CC3NC(=O)Cc2ccccc2F)cn1. The largest absolute Gasteiger partial charge is 0.349 e. The van der Waals surface area contributed by atoms with E-state index in [9.17, 15) is 9.18 Å². The number of nitrogens with one attached hydrogen (secondary N) is 1. The fraction of sp³-hybridized carbons (Fsp3) is 0.348. The molecule has 1 atom stereocenters. The van der Waals surface area contributed by atoms with E-state index in [0.29, 0.717) is 17.1 Å². The molecule has 30 heavy (non-hydrogen) atoms. The van der Waals surface area contributed by atoms with E-state index < -0.39 is 0 Å². The average Bonchev–Trinajstić information content (AvgIpc) is 2.69. The predicted molar refractivity (Wildman–Crippen MR) is 111 cm³/mol. The first-order chi connectivity index (χ1) is 14.3. The molecule has 154 valence electrons. The summed E-state index contributed by atoms with van der Waals surface area (Å²) in [7, 11) is 0. The zero-order valence-electron chi connectivity index (χ0n) is 17.3. The third kappa shape index (κ3) is 4.35. The molecule has 1 N–H and O–H groups in total. The summed E-state index contributed by atoms with van der Waals surface area (Å²) in [6.45, 7) is 6.18. The number of carbonyl (C=O) groups is 1. The van der Waals surface area contributed by atoms with E-state index in [1.54, 1.807) is 36.8 Å². The number of halogens is 1. The molecule has 0 aliphatic heterocycles. The lowest BCUT2D eigenvalue weighted by atomic mass is 9.74. The Kier molecular flexibility index (Phi) is 5.28. The number of aromatic nitrogens is 4. The fourth-order valence-corrected chi connectivity index (χ4v) is 3.87. The molecule has 1 aliphatic carbocycles. The fourth-order valence-electron chi connectivity index (χ4n) is 3.87. The van der Waals surface area contributed by atoms with Gasteiger partial charge in [-0.25, -0.2) is 19.3 Å². The monoisotopic (exact) mass is 405 g/mol. The number of benzene rings is 1. The second kappa shape index (κ2) is 7.89. The van der Waals surface area contributed by atoms with Crippen LogP contribution >= 0.6 is 0 Å². The minimum absolute atomic E-state index is 0.00314. The summed E-state index contributed by atoms with van der Waals surface area (Å²) in [5, 5.41) is 3.06. The molecule has 3 aromatic rings. The van der Waals surface area contributed by atoms with Crippen LogP contribution in [0.4, 0.5) is 4.39 Å². The average molecular weight is 405 g/mol. The molecule has 0 radical (unpaired) electrons. The Hall–Kier alpha value is -3.22. The van der Waals surface area contributed by atoms with Crippen LogP contribution in [0.1, 0.15) is 48.8 Å². The second-order valence-corrected chi connectivity index (χ2v) is 8.57. The Morgan fingerprint density at radius 3 is 2.70 bits per heavy atom. The second-order valence-electron chi connectivity index (χ2n) is 8.57. The van der Waals surface area contributed by atoms with Crippen molar-refractivity contribution in [1.29, 1.82) is 0 Å². The zero-order valence-corrected chi connectivity index (χ0v) is 17.3. The standard InChI is InChI=1S/C23H24FN5O/c1-14-11-26-20(13-25-14)22-27-12-16-18(9-23(2,3)10-19(16)29-22)28-21(30)8-15-6-4-5-7-17(15)24/h4-7,11-13,18H,8-10H2,1-3H3,(H,28,30). The van der Waals surface area contributed by atoms with Gasteiger partial charge in [-0.15, -0.1) is 0 Å². The van der Waals surface area contributed by atoms with Crippen molar-refractivity contribution < 1.29 is 9.18 Å². The molecule has 4 rings (SSSR count). The van der Waals surface area contributed by atoms with Gasteiger partial charge >= 0.3 is 0 Å². The maximum Gasteiger partial charge on any atom is 0.225 e. The van der Waals surface area contributed by atoms with E-state index in [-0.39, 0.29) is 29.6 Å². The summed E-state index contributed by atoms with van der Waals surface area (Å²) >= 11 is 0. The summed E-state index contributed by atoms with van der Waals surface area (Å²) in [6, 6.07) is 6.12. The Bertz CT molecular complexity index is 1080. The van der Waals surface area contributed by atoms with Crippen LogP contribution in [0.15, 0.2) is 42.9 Å². The molecule has 7 heteroatoms. The van der Waals surface area contributed by atoms with Crippen molar-refractivity contribution in [2.45, 2.75) is 46.1 Å². The molecule has 0 saturated carbocycles. The van der Waals surface area contributed by atoms with Crippen LogP contribution in [0, 0.1) is 18.2 Å². The number of hydrogen-bond donors (Lipinski definition) is 1. The molecule has 0 fully saturated rings. The molecule has 1 aliphatic rings. The van der Waals surface area contributed by atoms with Crippen molar-refractivity contribution in [2.24, 2.45) is 5.41 Å². The minimum Gasteiger partial charge on any atom is -0.349 e. The topological polar surface area (TPSA) is 80.7 Å². The van der Waals surface area contributed by atoms with E-state index >= 15 is 0 Å². The summed E-state index contributed by atoms with van der Waals surface area (Å²) in [5.74, 6) is -0.0678. The lowest BCUT2D eigenvalue weighted by Crippen LogP contribution is -2.38. The molecule has 2 aromatic heterocycles. The lowest BCUT2D eigenvalue weighted by molar-refractivity contribution is -0.121. The van der Waals surface area contributed by atoms with Gasteiger partial charge in [0.25, 0.3) is 0 Å². The molecule has 1 unspecified atom stereocenters. The molecular weight excluding hydrogens is 381 g/mol. The maximum atomic E-state index is 13.9. The number of nitrogens with zero attached hydrogens (tertiary/aromatic N) is 4. The molecule has 1 aromatic carbocycles. The first kappa shape index (κ1) is 20.1. The number of hydrogen-bond acceptors (Lipinski definition) is 5. The molecule has 0 bridgehead atoms.